The van der Waals surface area contributed by atoms with Gasteiger partial charge in [-0.2, -0.15) is 0 Å². The summed E-state index contributed by atoms with van der Waals surface area (Å²) in [6, 6.07) is 0.636. The van der Waals surface area contributed by atoms with Crippen molar-refractivity contribution in [3.63, 3.8) is 0 Å². The van der Waals surface area contributed by atoms with Crippen LogP contribution in [0.15, 0.2) is 0 Å². The first kappa shape index (κ1) is 9.34. The van der Waals surface area contributed by atoms with Crippen LogP contribution in [0.2, 0.25) is 0 Å². The largest absolute Gasteiger partial charge is 0.220 e. The summed E-state index contributed by atoms with van der Waals surface area (Å²) >= 11 is 5.92. The number of nitrogens with zero attached hydrogens (tertiary/aromatic N) is 1. The Balaban J connectivity index is 2.26. The maximum absolute atomic E-state index is 5.92. The molecule has 0 radical (unpaired) electrons. The maximum Gasteiger partial charge on any atom is 0.0248 e. The summed E-state index contributed by atoms with van der Waals surface area (Å²) in [6.07, 6.45) is 9.55. The predicted octanol–water partition coefficient (Wildman–Crippen LogP) is 3.18. The highest BCUT2D eigenvalue weighted by molar-refractivity contribution is 6.13. The Hall–Kier alpha value is 0.250. The van der Waals surface area contributed by atoms with E-state index in [0.29, 0.717) is 6.04 Å². The number of hydrogen-bond donors (Lipinski definition) is 0. The van der Waals surface area contributed by atoms with Gasteiger partial charge < -0.3 is 0 Å². The normalized spacial score (nSPS) is 23.2. The van der Waals surface area contributed by atoms with Crippen molar-refractivity contribution >= 4 is 11.8 Å². The van der Waals surface area contributed by atoms with Crippen LogP contribution in [0.4, 0.5) is 0 Å². The quantitative estimate of drug-likeness (QED) is 0.554. The highest BCUT2D eigenvalue weighted by Gasteiger charge is 2.13. The van der Waals surface area contributed by atoms with Crippen molar-refractivity contribution in [3.05, 3.63) is 0 Å². The van der Waals surface area contributed by atoms with Gasteiger partial charge in [-0.15, -0.1) is 0 Å². The van der Waals surface area contributed by atoms with E-state index < -0.39 is 0 Å². The molecular weight excluding hydrogens is 158 g/mol. The summed E-state index contributed by atoms with van der Waals surface area (Å²) in [7, 11) is 1.98. The predicted molar refractivity (Wildman–Crippen MR) is 49.7 cm³/mol. The summed E-state index contributed by atoms with van der Waals surface area (Å²) in [5.74, 6) is 0. The van der Waals surface area contributed by atoms with Gasteiger partial charge in [-0.05, 0) is 24.6 Å². The Morgan fingerprint density at radius 2 is 1.45 bits per heavy atom. The molecule has 0 heterocycles. The van der Waals surface area contributed by atoms with E-state index in [4.69, 9.17) is 11.8 Å². The molecule has 66 valence electrons. The fourth-order valence-electron chi connectivity index (χ4n) is 1.79. The lowest BCUT2D eigenvalue weighted by molar-refractivity contribution is 0.313. The minimum absolute atomic E-state index is 0.636. The second kappa shape index (κ2) is 5.00. The molecule has 0 aromatic heterocycles. The third kappa shape index (κ3) is 3.44. The van der Waals surface area contributed by atoms with Gasteiger partial charge >= 0.3 is 0 Å². The first-order chi connectivity index (χ1) is 5.30. The van der Waals surface area contributed by atoms with Crippen LogP contribution >= 0.6 is 11.8 Å². The van der Waals surface area contributed by atoms with Gasteiger partial charge in [0.25, 0.3) is 0 Å². The van der Waals surface area contributed by atoms with E-state index in [1.165, 1.54) is 44.9 Å². The topological polar surface area (TPSA) is 3.24 Å². The molecule has 0 amide bonds. The van der Waals surface area contributed by atoms with Gasteiger partial charge in [-0.3, -0.25) is 0 Å². The second-order valence-electron chi connectivity index (χ2n) is 3.52. The van der Waals surface area contributed by atoms with Crippen molar-refractivity contribution in [2.45, 2.75) is 51.0 Å². The molecule has 1 nitrogen and oxygen atoms in total. The fourth-order valence-corrected chi connectivity index (χ4v) is 1.99. The van der Waals surface area contributed by atoms with Crippen molar-refractivity contribution in [1.82, 2.24) is 4.42 Å². The molecule has 0 aliphatic heterocycles. The van der Waals surface area contributed by atoms with E-state index >= 15 is 0 Å². The molecule has 0 unspecified atom stereocenters. The molecule has 0 N–H and O–H groups in total. The monoisotopic (exact) mass is 175 g/mol. The minimum atomic E-state index is 0.636. The van der Waals surface area contributed by atoms with Gasteiger partial charge in [0.15, 0.2) is 0 Å². The summed E-state index contributed by atoms with van der Waals surface area (Å²) in [4.78, 5) is 0. The SMILES string of the molecule is CN(Cl)C1CCCCCCC1. The Morgan fingerprint density at radius 1 is 1.00 bits per heavy atom. The lowest BCUT2D eigenvalue weighted by Gasteiger charge is -2.23. The van der Waals surface area contributed by atoms with Crippen molar-refractivity contribution in [2.24, 2.45) is 0 Å². The number of halogens is 1. The number of hydrogen-bond acceptors (Lipinski definition) is 1. The molecule has 1 saturated carbocycles. The Bertz CT molecular complexity index is 95.7. The van der Waals surface area contributed by atoms with Gasteiger partial charge in [-0.25, -0.2) is 4.42 Å². The lowest BCUT2D eigenvalue weighted by atomic mass is 9.97. The van der Waals surface area contributed by atoms with Crippen LogP contribution in [0.25, 0.3) is 0 Å². The Kier molecular flexibility index (Phi) is 4.24. The van der Waals surface area contributed by atoms with Crippen LogP contribution in [-0.2, 0) is 0 Å². The van der Waals surface area contributed by atoms with E-state index in [0.717, 1.165) is 0 Å². The molecule has 0 saturated heterocycles. The zero-order valence-corrected chi connectivity index (χ0v) is 8.11. The lowest BCUT2D eigenvalue weighted by Crippen LogP contribution is -2.24. The molecule has 0 aromatic rings. The molecule has 1 rings (SSSR count). The average Bonchev–Trinajstić information content (AvgIpc) is 1.84. The Morgan fingerprint density at radius 3 is 1.91 bits per heavy atom. The van der Waals surface area contributed by atoms with Gasteiger partial charge in [0.05, 0.1) is 0 Å². The third-order valence-electron chi connectivity index (χ3n) is 2.58. The van der Waals surface area contributed by atoms with Crippen LogP contribution in [0.3, 0.4) is 0 Å². The molecule has 11 heavy (non-hydrogen) atoms. The number of rotatable bonds is 1. The molecule has 0 spiro atoms. The molecule has 1 fully saturated rings. The highest BCUT2D eigenvalue weighted by atomic mass is 35.5. The van der Waals surface area contributed by atoms with E-state index in [-0.39, 0.29) is 0 Å². The van der Waals surface area contributed by atoms with Gasteiger partial charge in [0.2, 0.25) is 0 Å². The van der Waals surface area contributed by atoms with E-state index in [2.05, 4.69) is 0 Å². The zero-order chi connectivity index (χ0) is 8.10. The van der Waals surface area contributed by atoms with Crippen molar-refractivity contribution in [2.75, 3.05) is 7.05 Å². The summed E-state index contributed by atoms with van der Waals surface area (Å²) < 4.78 is 1.87. The third-order valence-corrected chi connectivity index (χ3v) is 2.85. The van der Waals surface area contributed by atoms with Crippen LogP contribution in [0, 0.1) is 0 Å². The summed E-state index contributed by atoms with van der Waals surface area (Å²) in [6.45, 7) is 0. The van der Waals surface area contributed by atoms with Crippen molar-refractivity contribution < 1.29 is 0 Å². The molecule has 1 aliphatic carbocycles. The van der Waals surface area contributed by atoms with Gasteiger partial charge in [0.1, 0.15) is 0 Å². The summed E-state index contributed by atoms with van der Waals surface area (Å²) in [5, 5.41) is 0. The first-order valence-electron chi connectivity index (χ1n) is 4.69. The smallest absolute Gasteiger partial charge is 0.0248 e. The molecule has 1 aliphatic rings. The minimum Gasteiger partial charge on any atom is -0.220 e. The molecule has 2 heteroatoms. The van der Waals surface area contributed by atoms with Crippen LogP contribution < -0.4 is 0 Å². The zero-order valence-electron chi connectivity index (χ0n) is 7.35. The van der Waals surface area contributed by atoms with Crippen LogP contribution in [-0.4, -0.2) is 17.5 Å². The molecular formula is C9H18ClN. The van der Waals surface area contributed by atoms with Crippen molar-refractivity contribution in [1.29, 1.82) is 0 Å². The van der Waals surface area contributed by atoms with E-state index in [9.17, 15) is 0 Å². The summed E-state index contributed by atoms with van der Waals surface area (Å²) in [5.41, 5.74) is 0. The standard InChI is InChI=1S/C9H18ClN/c1-11(10)9-7-5-3-2-4-6-8-9/h9H,2-8H2,1H3. The van der Waals surface area contributed by atoms with Crippen molar-refractivity contribution in [3.8, 4) is 0 Å². The van der Waals surface area contributed by atoms with Gasteiger partial charge in [-0.1, -0.05) is 32.1 Å². The van der Waals surface area contributed by atoms with E-state index in [1.807, 2.05) is 11.5 Å². The highest BCUT2D eigenvalue weighted by Crippen LogP contribution is 2.21. The molecule has 0 atom stereocenters. The van der Waals surface area contributed by atoms with Crippen LogP contribution in [0.1, 0.15) is 44.9 Å². The second-order valence-corrected chi connectivity index (χ2v) is 4.06. The molecule has 0 aromatic carbocycles. The van der Waals surface area contributed by atoms with E-state index in [1.54, 1.807) is 0 Å². The Labute approximate surface area is 74.8 Å². The maximum atomic E-state index is 5.92. The first-order valence-corrected chi connectivity index (χ1v) is 5.03. The molecule has 0 bridgehead atoms. The fraction of sp³-hybridized carbons (Fsp3) is 1.00. The van der Waals surface area contributed by atoms with Crippen LogP contribution in [0.5, 0.6) is 0 Å². The van der Waals surface area contributed by atoms with Gasteiger partial charge in [0, 0.05) is 13.1 Å². The average molecular weight is 176 g/mol.